The standard InChI is InChI=1S/C13H9BrN4O/c1-18-13-10(6-17-18)11(15-7-16-13)12(19)8-2-4-9(14)5-3-8/h2-7H,1H3. The van der Waals surface area contributed by atoms with Crippen LogP contribution in [0.4, 0.5) is 0 Å². The Hall–Kier alpha value is -2.08. The molecule has 0 amide bonds. The summed E-state index contributed by atoms with van der Waals surface area (Å²) in [6.07, 6.45) is 3.00. The highest BCUT2D eigenvalue weighted by Crippen LogP contribution is 2.18. The molecule has 0 saturated heterocycles. The summed E-state index contributed by atoms with van der Waals surface area (Å²) in [7, 11) is 1.78. The molecule has 0 aliphatic heterocycles. The molecule has 0 bridgehead atoms. The van der Waals surface area contributed by atoms with Crippen molar-refractivity contribution >= 4 is 32.7 Å². The molecule has 0 saturated carbocycles. The number of aromatic nitrogens is 4. The highest BCUT2D eigenvalue weighted by atomic mass is 79.9. The van der Waals surface area contributed by atoms with Gasteiger partial charge in [-0.3, -0.25) is 9.48 Å². The highest BCUT2D eigenvalue weighted by molar-refractivity contribution is 9.10. The van der Waals surface area contributed by atoms with E-state index in [1.807, 2.05) is 12.1 Å². The van der Waals surface area contributed by atoms with E-state index in [4.69, 9.17) is 0 Å². The fraction of sp³-hybridized carbons (Fsp3) is 0.0769. The van der Waals surface area contributed by atoms with Gasteiger partial charge in [0.05, 0.1) is 11.6 Å². The number of hydrogen-bond acceptors (Lipinski definition) is 4. The smallest absolute Gasteiger partial charge is 0.212 e. The van der Waals surface area contributed by atoms with Crippen LogP contribution in [-0.4, -0.2) is 25.5 Å². The van der Waals surface area contributed by atoms with Crippen LogP contribution in [0.15, 0.2) is 41.3 Å². The summed E-state index contributed by atoms with van der Waals surface area (Å²) in [6, 6.07) is 7.18. The monoisotopic (exact) mass is 316 g/mol. The van der Waals surface area contributed by atoms with Gasteiger partial charge in [0.25, 0.3) is 0 Å². The summed E-state index contributed by atoms with van der Waals surface area (Å²) in [6.45, 7) is 0. The molecule has 0 aliphatic rings. The zero-order valence-electron chi connectivity index (χ0n) is 10.0. The first-order chi connectivity index (χ1) is 9.16. The third-order valence-corrected chi connectivity index (χ3v) is 3.38. The molecule has 1 aromatic carbocycles. The average Bonchev–Trinajstić information content (AvgIpc) is 2.81. The van der Waals surface area contributed by atoms with Gasteiger partial charge >= 0.3 is 0 Å². The van der Waals surface area contributed by atoms with Crippen LogP contribution in [-0.2, 0) is 7.05 Å². The van der Waals surface area contributed by atoms with E-state index in [0.717, 1.165) is 4.47 Å². The summed E-state index contributed by atoms with van der Waals surface area (Å²) in [5.74, 6) is -0.132. The van der Waals surface area contributed by atoms with Crippen molar-refractivity contribution in [2.45, 2.75) is 0 Å². The Kier molecular flexibility index (Phi) is 2.87. The largest absolute Gasteiger partial charge is 0.287 e. The number of hydrogen-bond donors (Lipinski definition) is 0. The molecule has 0 atom stereocenters. The van der Waals surface area contributed by atoms with Crippen molar-refractivity contribution in [3.8, 4) is 0 Å². The molecule has 3 rings (SSSR count). The second-order valence-corrected chi connectivity index (χ2v) is 4.98. The van der Waals surface area contributed by atoms with Crippen LogP contribution in [0, 0.1) is 0 Å². The van der Waals surface area contributed by atoms with Gasteiger partial charge in [-0.15, -0.1) is 0 Å². The minimum absolute atomic E-state index is 0.132. The second-order valence-electron chi connectivity index (χ2n) is 4.06. The molecule has 0 fully saturated rings. The first kappa shape index (κ1) is 12.0. The van der Waals surface area contributed by atoms with Crippen molar-refractivity contribution in [3.05, 3.63) is 52.5 Å². The Labute approximate surface area is 117 Å². The maximum Gasteiger partial charge on any atom is 0.212 e. The molecule has 0 N–H and O–H groups in total. The summed E-state index contributed by atoms with van der Waals surface area (Å²) < 4.78 is 2.55. The number of carbonyl (C=O) groups excluding carboxylic acids is 1. The Bertz CT molecular complexity index is 764. The Morgan fingerprint density at radius 2 is 1.95 bits per heavy atom. The molecule has 6 heteroatoms. The van der Waals surface area contributed by atoms with Crippen molar-refractivity contribution in [2.24, 2.45) is 7.05 Å². The molecule has 2 heterocycles. The number of halogens is 1. The van der Waals surface area contributed by atoms with Gasteiger partial charge in [0.2, 0.25) is 5.78 Å². The third kappa shape index (κ3) is 2.04. The predicted octanol–water partition coefficient (Wildman–Crippen LogP) is 2.36. The van der Waals surface area contributed by atoms with Crippen LogP contribution in [0.1, 0.15) is 16.1 Å². The molecule has 0 spiro atoms. The molecule has 94 valence electrons. The zero-order valence-corrected chi connectivity index (χ0v) is 11.6. The molecule has 3 aromatic rings. The fourth-order valence-corrected chi connectivity index (χ4v) is 2.15. The lowest BCUT2D eigenvalue weighted by atomic mass is 10.1. The molecule has 0 aliphatic carbocycles. The van der Waals surface area contributed by atoms with Crippen molar-refractivity contribution in [3.63, 3.8) is 0 Å². The Balaban J connectivity index is 2.14. The lowest BCUT2D eigenvalue weighted by Crippen LogP contribution is -2.05. The molecule has 19 heavy (non-hydrogen) atoms. The minimum atomic E-state index is -0.132. The molecule has 2 aromatic heterocycles. The molecular formula is C13H9BrN4O. The third-order valence-electron chi connectivity index (χ3n) is 2.85. The van der Waals surface area contributed by atoms with Gasteiger partial charge < -0.3 is 0 Å². The Morgan fingerprint density at radius 1 is 1.21 bits per heavy atom. The van der Waals surface area contributed by atoms with Crippen LogP contribution < -0.4 is 0 Å². The van der Waals surface area contributed by atoms with Gasteiger partial charge in [-0.05, 0) is 24.3 Å². The van der Waals surface area contributed by atoms with Gasteiger partial charge in [0.15, 0.2) is 5.65 Å². The molecular weight excluding hydrogens is 308 g/mol. The number of ketones is 1. The lowest BCUT2D eigenvalue weighted by molar-refractivity contribution is 0.103. The second kappa shape index (κ2) is 4.55. The maximum atomic E-state index is 12.4. The lowest BCUT2D eigenvalue weighted by Gasteiger charge is -2.02. The van der Waals surface area contributed by atoms with Crippen LogP contribution >= 0.6 is 15.9 Å². The van der Waals surface area contributed by atoms with Gasteiger partial charge in [0.1, 0.15) is 12.0 Å². The average molecular weight is 317 g/mol. The quantitative estimate of drug-likeness (QED) is 0.681. The normalized spacial score (nSPS) is 10.8. The maximum absolute atomic E-state index is 12.4. The first-order valence-electron chi connectivity index (χ1n) is 5.60. The van der Waals surface area contributed by atoms with Crippen molar-refractivity contribution < 1.29 is 4.79 Å². The number of benzene rings is 1. The van der Waals surface area contributed by atoms with Crippen LogP contribution in [0.3, 0.4) is 0 Å². The summed E-state index contributed by atoms with van der Waals surface area (Å²) in [5, 5.41) is 4.77. The van der Waals surface area contributed by atoms with E-state index in [1.165, 1.54) is 6.33 Å². The summed E-state index contributed by atoms with van der Waals surface area (Å²) in [5.41, 5.74) is 1.61. The van der Waals surface area contributed by atoms with E-state index in [0.29, 0.717) is 22.3 Å². The number of carbonyl (C=O) groups is 1. The van der Waals surface area contributed by atoms with Crippen molar-refractivity contribution in [2.75, 3.05) is 0 Å². The van der Waals surface area contributed by atoms with Crippen LogP contribution in [0.2, 0.25) is 0 Å². The van der Waals surface area contributed by atoms with E-state index in [-0.39, 0.29) is 5.78 Å². The van der Waals surface area contributed by atoms with E-state index < -0.39 is 0 Å². The molecule has 0 radical (unpaired) electrons. The molecule has 0 unspecified atom stereocenters. The number of aryl methyl sites for hydroxylation is 1. The van der Waals surface area contributed by atoms with Crippen molar-refractivity contribution in [1.82, 2.24) is 19.7 Å². The minimum Gasteiger partial charge on any atom is -0.287 e. The predicted molar refractivity (Wildman–Crippen MR) is 73.9 cm³/mol. The first-order valence-corrected chi connectivity index (χ1v) is 6.39. The number of rotatable bonds is 2. The molecule has 5 nitrogen and oxygen atoms in total. The van der Waals surface area contributed by atoms with E-state index in [2.05, 4.69) is 31.0 Å². The summed E-state index contributed by atoms with van der Waals surface area (Å²) >= 11 is 3.34. The van der Waals surface area contributed by atoms with Crippen LogP contribution in [0.25, 0.3) is 11.0 Å². The fourth-order valence-electron chi connectivity index (χ4n) is 1.88. The van der Waals surface area contributed by atoms with E-state index in [1.54, 1.807) is 30.1 Å². The van der Waals surface area contributed by atoms with Crippen LogP contribution in [0.5, 0.6) is 0 Å². The topological polar surface area (TPSA) is 60.7 Å². The van der Waals surface area contributed by atoms with Crippen molar-refractivity contribution in [1.29, 1.82) is 0 Å². The Morgan fingerprint density at radius 3 is 2.68 bits per heavy atom. The van der Waals surface area contributed by atoms with Gasteiger partial charge in [0, 0.05) is 17.1 Å². The number of fused-ring (bicyclic) bond motifs is 1. The zero-order chi connectivity index (χ0) is 13.4. The summed E-state index contributed by atoms with van der Waals surface area (Å²) in [4.78, 5) is 20.7. The van der Waals surface area contributed by atoms with Gasteiger partial charge in [-0.2, -0.15) is 5.10 Å². The van der Waals surface area contributed by atoms with Gasteiger partial charge in [-0.25, -0.2) is 9.97 Å². The van der Waals surface area contributed by atoms with E-state index >= 15 is 0 Å². The van der Waals surface area contributed by atoms with E-state index in [9.17, 15) is 4.79 Å². The number of nitrogens with zero attached hydrogens (tertiary/aromatic N) is 4. The van der Waals surface area contributed by atoms with Gasteiger partial charge in [-0.1, -0.05) is 15.9 Å². The SMILES string of the molecule is Cn1ncc2c(C(=O)c3ccc(Br)cc3)ncnc21. The highest BCUT2D eigenvalue weighted by Gasteiger charge is 2.16.